The van der Waals surface area contributed by atoms with Crippen molar-refractivity contribution in [2.24, 2.45) is 23.7 Å². The minimum Gasteiger partial charge on any atom is -0.489 e. The number of ether oxygens (including phenoxy) is 3. The van der Waals surface area contributed by atoms with Crippen molar-refractivity contribution < 1.29 is 54.0 Å². The van der Waals surface area contributed by atoms with Crippen LogP contribution in [0, 0.1) is 29.5 Å². The van der Waals surface area contributed by atoms with Crippen LogP contribution in [0.1, 0.15) is 178 Å². The van der Waals surface area contributed by atoms with Gasteiger partial charge in [-0.1, -0.05) is 159 Å². The summed E-state index contributed by atoms with van der Waals surface area (Å²) >= 11 is 0. The molecule has 71 heavy (non-hydrogen) atoms. The molecule has 0 heterocycles. The van der Waals surface area contributed by atoms with Gasteiger partial charge in [0.15, 0.2) is 0 Å². The topological polar surface area (TPSA) is 178 Å². The molecule has 0 radical (unpaired) electrons. The lowest BCUT2D eigenvalue weighted by Crippen LogP contribution is -2.51. The van der Waals surface area contributed by atoms with Crippen LogP contribution in [0.2, 0.25) is 0 Å². The van der Waals surface area contributed by atoms with Gasteiger partial charge >= 0.3 is 0 Å². The van der Waals surface area contributed by atoms with Gasteiger partial charge in [-0.25, -0.2) is 4.39 Å². The molecule has 3 aromatic carbocycles. The van der Waals surface area contributed by atoms with Gasteiger partial charge in [-0.2, -0.15) is 0 Å². The van der Waals surface area contributed by atoms with Gasteiger partial charge in [0, 0.05) is 18.9 Å². The van der Waals surface area contributed by atoms with E-state index in [2.05, 4.69) is 24.4 Å². The molecule has 2 aliphatic carbocycles. The lowest BCUT2D eigenvalue weighted by atomic mass is 9.90. The minimum atomic E-state index is -1.46. The molecule has 11 nitrogen and oxygen atoms in total. The predicted octanol–water partition coefficient (Wildman–Crippen LogP) is 10.7. The standard InChI is InChI=1S/C59H90FNO10/c1-2-3-4-5-6-7-8-9-10-14-17-20-23-52(63)57(66)51(42-69-40-44-29-37-49(38-30-44)71-59(68)55-56(65)50(39-62)54(58(55)67)46-31-32-46)61-53(64)24-21-18-15-12-11-13-16-19-22-43-27-35-48(36-28-43)70-41-45-25-33-47(60)34-26-45/h25-30,33-38,46,50-52,54-59,62-63,65-68H,2-24,31-32,39-42H2,1H3,(H,61,64)/t50?,51-,52+,54+,55?,56+,57-,58?,59+/m0/s1. The number of carbonyl (C=O) groups is 1. The summed E-state index contributed by atoms with van der Waals surface area (Å²) in [7, 11) is 0. The summed E-state index contributed by atoms with van der Waals surface area (Å²) < 4.78 is 30.8. The molecule has 0 saturated heterocycles. The van der Waals surface area contributed by atoms with Crippen LogP contribution >= 0.6 is 0 Å². The van der Waals surface area contributed by atoms with Gasteiger partial charge in [0.2, 0.25) is 12.2 Å². The zero-order chi connectivity index (χ0) is 50.6. The SMILES string of the molecule is CCCCCCCCCCCCCC[C@@H](O)[C@@H](O)[C@H](COCc1ccc(O[C@@H](O)C2C(O)[C@H](C3CC3)C(CO)[C@H]2O)cc1)NC(=O)CCCCCCCCCCc1ccc(OCc2ccc(F)cc2)cc1. The summed E-state index contributed by atoms with van der Waals surface area (Å²) in [5.74, 6) is -0.764. The Bertz CT molecular complexity index is 1850. The van der Waals surface area contributed by atoms with Crippen LogP contribution in [-0.4, -0.2) is 86.5 Å². The first-order valence-corrected chi connectivity index (χ1v) is 27.7. The van der Waals surface area contributed by atoms with E-state index < -0.39 is 48.6 Å². The zero-order valence-corrected chi connectivity index (χ0v) is 42.9. The first kappa shape index (κ1) is 58.3. The number of hydrogen-bond donors (Lipinski definition) is 7. The molecule has 1 amide bonds. The quantitative estimate of drug-likeness (QED) is 0.0215. The van der Waals surface area contributed by atoms with Crippen LogP contribution in [0.25, 0.3) is 0 Å². The van der Waals surface area contributed by atoms with Crippen molar-refractivity contribution in [3.05, 3.63) is 95.3 Å². The summed E-state index contributed by atoms with van der Waals surface area (Å²) in [6.45, 7) is 2.56. The zero-order valence-electron chi connectivity index (χ0n) is 42.9. The Kier molecular flexibility index (Phi) is 27.3. The highest BCUT2D eigenvalue weighted by molar-refractivity contribution is 5.76. The molecule has 3 aromatic rings. The van der Waals surface area contributed by atoms with Gasteiger partial charge in [0.25, 0.3) is 0 Å². The Morgan fingerprint density at radius 1 is 0.648 bits per heavy atom. The number of nitrogens with one attached hydrogen (secondary N) is 1. The third-order valence-corrected chi connectivity index (χ3v) is 14.9. The van der Waals surface area contributed by atoms with Crippen molar-refractivity contribution in [2.75, 3.05) is 13.2 Å². The maximum absolute atomic E-state index is 13.2. The number of hydrogen-bond acceptors (Lipinski definition) is 10. The van der Waals surface area contributed by atoms with E-state index in [0.29, 0.717) is 25.2 Å². The molecular formula is C59H90FNO10. The van der Waals surface area contributed by atoms with E-state index >= 15 is 0 Å². The van der Waals surface area contributed by atoms with Crippen LogP contribution in [0.15, 0.2) is 72.8 Å². The van der Waals surface area contributed by atoms with Gasteiger partial charge in [0.05, 0.1) is 43.5 Å². The van der Waals surface area contributed by atoms with Crippen LogP contribution in [0.3, 0.4) is 0 Å². The number of benzene rings is 3. The second-order valence-electron chi connectivity index (χ2n) is 20.8. The number of carbonyl (C=O) groups excluding carboxylic acids is 1. The normalized spacial score (nSPS) is 20.6. The number of aliphatic hydroxyl groups is 6. The fourth-order valence-electron chi connectivity index (χ4n) is 10.4. The Hall–Kier alpha value is -3.62. The molecule has 3 unspecified atom stereocenters. The van der Waals surface area contributed by atoms with E-state index in [-0.39, 0.29) is 43.4 Å². The molecule has 0 bridgehead atoms. The Labute approximate surface area is 424 Å². The molecule has 0 aromatic heterocycles. The molecular weight excluding hydrogens is 902 g/mol. The average molecular weight is 992 g/mol. The number of aliphatic hydroxyl groups excluding tert-OH is 6. The van der Waals surface area contributed by atoms with Crippen molar-refractivity contribution in [3.8, 4) is 11.5 Å². The minimum absolute atomic E-state index is 0.00357. The van der Waals surface area contributed by atoms with E-state index in [1.54, 1.807) is 36.4 Å². The molecule has 7 N–H and O–H groups in total. The maximum Gasteiger partial charge on any atom is 0.220 e. The van der Waals surface area contributed by atoms with Crippen molar-refractivity contribution >= 4 is 5.91 Å². The smallest absolute Gasteiger partial charge is 0.220 e. The van der Waals surface area contributed by atoms with Crippen molar-refractivity contribution in [3.63, 3.8) is 0 Å². The largest absolute Gasteiger partial charge is 0.489 e. The fourth-order valence-corrected chi connectivity index (χ4v) is 10.4. The van der Waals surface area contributed by atoms with Gasteiger partial charge in [0.1, 0.15) is 30.0 Å². The first-order valence-electron chi connectivity index (χ1n) is 27.7. The number of unbranched alkanes of at least 4 members (excludes halogenated alkanes) is 18. The summed E-state index contributed by atoms with van der Waals surface area (Å²) in [5, 5.41) is 68.1. The highest BCUT2D eigenvalue weighted by atomic mass is 19.1. The molecule has 2 aliphatic rings. The number of halogens is 1. The van der Waals surface area contributed by atoms with Crippen molar-refractivity contribution in [1.82, 2.24) is 5.32 Å². The average Bonchev–Trinajstić information content (AvgIpc) is 4.18. The van der Waals surface area contributed by atoms with Crippen molar-refractivity contribution in [1.29, 1.82) is 0 Å². The van der Waals surface area contributed by atoms with E-state index in [1.807, 2.05) is 12.1 Å². The van der Waals surface area contributed by atoms with Gasteiger partial charge in [-0.15, -0.1) is 0 Å². The maximum atomic E-state index is 13.2. The summed E-state index contributed by atoms with van der Waals surface area (Å²) in [6, 6.07) is 20.6. The molecule has 12 heteroatoms. The Morgan fingerprint density at radius 2 is 1.17 bits per heavy atom. The number of aryl methyl sites for hydroxylation is 1. The molecule has 9 atom stereocenters. The summed E-state index contributed by atoms with van der Waals surface area (Å²) in [4.78, 5) is 13.2. The highest BCUT2D eigenvalue weighted by Crippen LogP contribution is 2.51. The predicted molar refractivity (Wildman–Crippen MR) is 277 cm³/mol. The second-order valence-corrected chi connectivity index (χ2v) is 20.8. The molecule has 398 valence electrons. The monoisotopic (exact) mass is 992 g/mol. The number of amides is 1. The van der Waals surface area contributed by atoms with Crippen molar-refractivity contribution in [2.45, 2.75) is 217 Å². The highest BCUT2D eigenvalue weighted by Gasteiger charge is 2.56. The molecule has 0 spiro atoms. The lowest BCUT2D eigenvalue weighted by molar-refractivity contribution is -0.125. The van der Waals surface area contributed by atoms with Crippen LogP contribution in [0.5, 0.6) is 11.5 Å². The van der Waals surface area contributed by atoms with E-state index in [9.17, 15) is 39.8 Å². The van der Waals surface area contributed by atoms with Gasteiger partial charge < -0.3 is 50.2 Å². The summed E-state index contributed by atoms with van der Waals surface area (Å²) in [6.07, 6.45) is 20.9. The van der Waals surface area contributed by atoms with E-state index in [1.165, 1.54) is 81.9 Å². The van der Waals surface area contributed by atoms with Crippen LogP contribution in [0.4, 0.5) is 4.39 Å². The first-order chi connectivity index (χ1) is 34.6. The number of rotatable bonds is 39. The third-order valence-electron chi connectivity index (χ3n) is 14.9. The molecule has 5 rings (SSSR count). The summed E-state index contributed by atoms with van der Waals surface area (Å²) in [5.41, 5.74) is 3.00. The van der Waals surface area contributed by atoms with E-state index in [4.69, 9.17) is 14.2 Å². The third kappa shape index (κ3) is 21.4. The van der Waals surface area contributed by atoms with Gasteiger partial charge in [-0.3, -0.25) is 4.79 Å². The molecule has 2 fully saturated rings. The van der Waals surface area contributed by atoms with Crippen LogP contribution in [-0.2, 0) is 29.2 Å². The lowest BCUT2D eigenvalue weighted by Gasteiger charge is -2.28. The fraction of sp³-hybridized carbons (Fsp3) is 0.678. The second kappa shape index (κ2) is 33.2. The van der Waals surface area contributed by atoms with Gasteiger partial charge in [-0.05, 0) is 103 Å². The Balaban J connectivity index is 0.980. The molecule has 2 saturated carbocycles. The van der Waals surface area contributed by atoms with E-state index in [0.717, 1.165) is 100 Å². The molecule has 0 aliphatic heterocycles. The Morgan fingerprint density at radius 3 is 1.76 bits per heavy atom. The van der Waals surface area contributed by atoms with Crippen LogP contribution < -0.4 is 14.8 Å².